The maximum Gasteiger partial charge on any atom is 0.223 e. The van der Waals surface area contributed by atoms with Gasteiger partial charge in [0.25, 0.3) is 0 Å². The minimum absolute atomic E-state index is 0.0967. The topological polar surface area (TPSA) is 53.5 Å². The summed E-state index contributed by atoms with van der Waals surface area (Å²) < 4.78 is 26.0. The number of piperazine rings is 1. The van der Waals surface area contributed by atoms with Crippen LogP contribution in [0.2, 0.25) is 0 Å². The predicted octanol–water partition coefficient (Wildman–Crippen LogP) is 3.60. The quantitative estimate of drug-likeness (QED) is 0.676. The molecule has 0 bridgehead atoms. The van der Waals surface area contributed by atoms with Gasteiger partial charge in [-0.2, -0.15) is 0 Å². The lowest BCUT2D eigenvalue weighted by molar-refractivity contribution is 0.209. The molecule has 0 saturated carbocycles. The molecule has 0 radical (unpaired) electrons. The lowest BCUT2D eigenvalue weighted by Gasteiger charge is -2.38. The summed E-state index contributed by atoms with van der Waals surface area (Å²) in [5, 5.41) is 1.05. The molecule has 2 aromatic carbocycles. The second kappa shape index (κ2) is 7.53. The Balaban J connectivity index is 1.73. The molecular weight excluding hydrogens is 370 g/mol. The number of fused-ring (bicyclic) bond motifs is 1. The van der Waals surface area contributed by atoms with Crippen LogP contribution in [0, 0.1) is 0 Å². The Morgan fingerprint density at radius 2 is 1.57 bits per heavy atom. The molecule has 0 amide bonds. The summed E-state index contributed by atoms with van der Waals surface area (Å²) >= 11 is 0. The summed E-state index contributed by atoms with van der Waals surface area (Å²) in [5.41, 5.74) is 1.75. The average molecular weight is 396 g/mol. The van der Waals surface area contributed by atoms with Crippen molar-refractivity contribution in [3.05, 3.63) is 60.7 Å². The monoisotopic (exact) mass is 395 g/mol. The SMILES string of the molecule is CC(C)N1CCN(c2cccc3ccc(S(=O)(=O)c4ccccc4)nc23)CC1. The molecule has 1 aliphatic heterocycles. The number of aromatic nitrogens is 1. The van der Waals surface area contributed by atoms with E-state index < -0.39 is 9.84 Å². The van der Waals surface area contributed by atoms with Crippen molar-refractivity contribution in [2.75, 3.05) is 31.1 Å². The van der Waals surface area contributed by atoms with Crippen LogP contribution in [0.25, 0.3) is 10.9 Å². The number of nitrogens with zero attached hydrogens (tertiary/aromatic N) is 3. The van der Waals surface area contributed by atoms with Crippen molar-refractivity contribution in [3.63, 3.8) is 0 Å². The summed E-state index contributed by atoms with van der Waals surface area (Å²) in [7, 11) is -3.64. The third-order valence-electron chi connectivity index (χ3n) is 5.39. The molecule has 1 aliphatic rings. The minimum atomic E-state index is -3.64. The molecule has 3 aromatic rings. The Morgan fingerprint density at radius 3 is 2.25 bits per heavy atom. The van der Waals surface area contributed by atoms with Gasteiger partial charge in [0.2, 0.25) is 9.84 Å². The van der Waals surface area contributed by atoms with Crippen molar-refractivity contribution in [2.45, 2.75) is 29.8 Å². The summed E-state index contributed by atoms with van der Waals surface area (Å²) in [6.07, 6.45) is 0. The first-order chi connectivity index (χ1) is 13.5. The fraction of sp³-hybridized carbons (Fsp3) is 0.318. The Bertz CT molecular complexity index is 1070. The highest BCUT2D eigenvalue weighted by Crippen LogP contribution is 2.29. The van der Waals surface area contributed by atoms with E-state index in [1.54, 1.807) is 30.3 Å². The summed E-state index contributed by atoms with van der Waals surface area (Å²) in [6, 6.07) is 18.5. The average Bonchev–Trinajstić information content (AvgIpc) is 2.73. The van der Waals surface area contributed by atoms with E-state index in [-0.39, 0.29) is 9.92 Å². The Labute approximate surface area is 166 Å². The molecule has 1 aromatic heterocycles. The van der Waals surface area contributed by atoms with E-state index in [0.717, 1.165) is 42.8 Å². The van der Waals surface area contributed by atoms with E-state index in [9.17, 15) is 8.42 Å². The van der Waals surface area contributed by atoms with Crippen LogP contribution in [-0.4, -0.2) is 50.5 Å². The molecule has 4 rings (SSSR count). The van der Waals surface area contributed by atoms with Crippen LogP contribution in [0.1, 0.15) is 13.8 Å². The first-order valence-corrected chi connectivity index (χ1v) is 11.1. The van der Waals surface area contributed by atoms with E-state index in [0.29, 0.717) is 6.04 Å². The summed E-state index contributed by atoms with van der Waals surface area (Å²) in [4.78, 5) is 9.65. The molecule has 0 spiro atoms. The summed E-state index contributed by atoms with van der Waals surface area (Å²) in [5.74, 6) is 0. The molecule has 0 unspecified atom stereocenters. The van der Waals surface area contributed by atoms with Crippen LogP contribution in [-0.2, 0) is 9.84 Å². The van der Waals surface area contributed by atoms with E-state index in [4.69, 9.17) is 0 Å². The van der Waals surface area contributed by atoms with Gasteiger partial charge >= 0.3 is 0 Å². The lowest BCUT2D eigenvalue weighted by atomic mass is 10.1. The zero-order valence-corrected chi connectivity index (χ0v) is 17.1. The van der Waals surface area contributed by atoms with Gasteiger partial charge in [0, 0.05) is 37.6 Å². The van der Waals surface area contributed by atoms with Crippen molar-refractivity contribution in [1.29, 1.82) is 0 Å². The normalized spacial score (nSPS) is 16.0. The summed E-state index contributed by atoms with van der Waals surface area (Å²) in [6.45, 7) is 8.25. The van der Waals surface area contributed by atoms with Crippen LogP contribution in [0.4, 0.5) is 5.69 Å². The van der Waals surface area contributed by atoms with Crippen LogP contribution in [0.5, 0.6) is 0 Å². The zero-order chi connectivity index (χ0) is 19.7. The van der Waals surface area contributed by atoms with Crippen molar-refractivity contribution in [1.82, 2.24) is 9.88 Å². The fourth-order valence-electron chi connectivity index (χ4n) is 3.72. The number of rotatable bonds is 4. The third-order valence-corrected chi connectivity index (χ3v) is 7.06. The van der Waals surface area contributed by atoms with E-state index in [2.05, 4.69) is 28.6 Å². The second-order valence-corrected chi connectivity index (χ2v) is 9.33. The van der Waals surface area contributed by atoms with E-state index >= 15 is 0 Å². The van der Waals surface area contributed by atoms with Crippen LogP contribution in [0.15, 0.2) is 70.6 Å². The van der Waals surface area contributed by atoms with Gasteiger partial charge in [-0.3, -0.25) is 4.90 Å². The van der Waals surface area contributed by atoms with Gasteiger partial charge in [-0.15, -0.1) is 0 Å². The predicted molar refractivity (Wildman–Crippen MR) is 113 cm³/mol. The number of pyridine rings is 1. The molecular formula is C22H25N3O2S. The van der Waals surface area contributed by atoms with Crippen molar-refractivity contribution < 1.29 is 8.42 Å². The van der Waals surface area contributed by atoms with Gasteiger partial charge in [0.1, 0.15) is 0 Å². The fourth-order valence-corrected chi connectivity index (χ4v) is 4.93. The molecule has 0 atom stereocenters. The van der Waals surface area contributed by atoms with Gasteiger partial charge in [-0.25, -0.2) is 13.4 Å². The molecule has 0 N–H and O–H groups in total. The third kappa shape index (κ3) is 3.50. The standard InChI is InChI=1S/C22H25N3O2S/c1-17(2)24-13-15-25(16-14-24)20-10-6-7-18-11-12-21(23-22(18)20)28(26,27)19-8-4-3-5-9-19/h3-12,17H,13-16H2,1-2H3. The van der Waals surface area contributed by atoms with Crippen LogP contribution in [0.3, 0.4) is 0 Å². The maximum absolute atomic E-state index is 13.0. The van der Waals surface area contributed by atoms with Crippen LogP contribution < -0.4 is 4.90 Å². The number of anilines is 1. The van der Waals surface area contributed by atoms with Crippen molar-refractivity contribution in [2.24, 2.45) is 0 Å². The van der Waals surface area contributed by atoms with Gasteiger partial charge in [-0.05, 0) is 44.2 Å². The molecule has 0 aliphatic carbocycles. The van der Waals surface area contributed by atoms with Crippen molar-refractivity contribution in [3.8, 4) is 0 Å². The number of sulfone groups is 1. The molecule has 5 nitrogen and oxygen atoms in total. The Kier molecular flexibility index (Phi) is 5.08. The number of hydrogen-bond acceptors (Lipinski definition) is 5. The highest BCUT2D eigenvalue weighted by atomic mass is 32.2. The first-order valence-electron chi connectivity index (χ1n) is 9.66. The molecule has 146 valence electrons. The van der Waals surface area contributed by atoms with E-state index in [1.165, 1.54) is 0 Å². The van der Waals surface area contributed by atoms with Gasteiger partial charge in [-0.1, -0.05) is 30.3 Å². The van der Waals surface area contributed by atoms with Gasteiger partial charge < -0.3 is 4.90 Å². The number of hydrogen-bond donors (Lipinski definition) is 0. The first kappa shape index (κ1) is 18.9. The maximum atomic E-state index is 13.0. The minimum Gasteiger partial charge on any atom is -0.367 e. The number of para-hydroxylation sites is 1. The molecule has 28 heavy (non-hydrogen) atoms. The Hall–Kier alpha value is -2.44. The van der Waals surface area contributed by atoms with Crippen molar-refractivity contribution >= 4 is 26.4 Å². The largest absolute Gasteiger partial charge is 0.367 e. The van der Waals surface area contributed by atoms with Crippen LogP contribution >= 0.6 is 0 Å². The highest BCUT2D eigenvalue weighted by Gasteiger charge is 2.23. The molecule has 1 saturated heterocycles. The lowest BCUT2D eigenvalue weighted by Crippen LogP contribution is -2.49. The van der Waals surface area contributed by atoms with Gasteiger partial charge in [0.05, 0.1) is 16.1 Å². The molecule has 2 heterocycles. The Morgan fingerprint density at radius 1 is 0.857 bits per heavy atom. The highest BCUT2D eigenvalue weighted by molar-refractivity contribution is 7.91. The number of benzene rings is 2. The second-order valence-electron chi connectivity index (χ2n) is 7.43. The molecule has 6 heteroatoms. The van der Waals surface area contributed by atoms with E-state index in [1.807, 2.05) is 30.3 Å². The zero-order valence-electron chi connectivity index (χ0n) is 16.2. The smallest absolute Gasteiger partial charge is 0.223 e. The molecule has 1 fully saturated rings. The van der Waals surface area contributed by atoms with Gasteiger partial charge in [0.15, 0.2) is 5.03 Å².